The highest BCUT2D eigenvalue weighted by molar-refractivity contribution is 5.98. The van der Waals surface area contributed by atoms with Crippen LogP contribution in [0.15, 0.2) is 42.5 Å². The Morgan fingerprint density at radius 2 is 1.88 bits per heavy atom. The molecule has 0 radical (unpaired) electrons. The molecule has 0 spiro atoms. The second-order valence-electron chi connectivity index (χ2n) is 5.33. The summed E-state index contributed by atoms with van der Waals surface area (Å²) in [6, 6.07) is 8.59. The molecule has 2 N–H and O–H groups in total. The fraction of sp³-hybridized carbons (Fsp3) is 0.222. The molecule has 0 aliphatic rings. The van der Waals surface area contributed by atoms with Crippen LogP contribution in [0.2, 0.25) is 0 Å². The first-order valence-electron chi connectivity index (χ1n) is 7.51. The second kappa shape index (κ2) is 8.34. The molecule has 2 amide bonds. The number of hydrogen-bond donors (Lipinski definition) is 2. The maximum absolute atomic E-state index is 13.5. The summed E-state index contributed by atoms with van der Waals surface area (Å²) in [5, 5.41) is 4.93. The molecule has 0 aromatic heterocycles. The largest absolute Gasteiger partial charge is 0.380 e. The summed E-state index contributed by atoms with van der Waals surface area (Å²) in [7, 11) is 2.93. The van der Waals surface area contributed by atoms with Crippen LogP contribution in [0.25, 0.3) is 0 Å². The monoisotopic (exact) mass is 348 g/mol. The van der Waals surface area contributed by atoms with Crippen molar-refractivity contribution >= 4 is 11.8 Å². The van der Waals surface area contributed by atoms with Crippen molar-refractivity contribution in [2.45, 2.75) is 12.6 Å². The lowest BCUT2D eigenvalue weighted by Crippen LogP contribution is -2.39. The highest BCUT2D eigenvalue weighted by atomic mass is 19.2. The summed E-state index contributed by atoms with van der Waals surface area (Å²) in [5.74, 6) is -3.19. The van der Waals surface area contributed by atoms with E-state index in [1.54, 1.807) is 24.3 Å². The van der Waals surface area contributed by atoms with Gasteiger partial charge in [-0.3, -0.25) is 9.59 Å². The lowest BCUT2D eigenvalue weighted by molar-refractivity contribution is -0.122. The van der Waals surface area contributed by atoms with E-state index < -0.39 is 29.5 Å². The minimum atomic E-state index is -1.15. The fourth-order valence-corrected chi connectivity index (χ4v) is 2.32. The first-order valence-corrected chi connectivity index (χ1v) is 7.51. The van der Waals surface area contributed by atoms with E-state index in [1.807, 2.05) is 0 Å². The molecule has 2 rings (SSSR count). The van der Waals surface area contributed by atoms with Gasteiger partial charge in [0.15, 0.2) is 11.6 Å². The molecule has 0 saturated carbocycles. The number of carbonyl (C=O) groups is 2. The van der Waals surface area contributed by atoms with Crippen LogP contribution in [0, 0.1) is 11.6 Å². The van der Waals surface area contributed by atoms with E-state index in [4.69, 9.17) is 4.74 Å². The van der Waals surface area contributed by atoms with Crippen molar-refractivity contribution in [1.29, 1.82) is 0 Å². The van der Waals surface area contributed by atoms with E-state index in [2.05, 4.69) is 10.6 Å². The zero-order valence-corrected chi connectivity index (χ0v) is 13.8. The van der Waals surface area contributed by atoms with E-state index in [0.717, 1.165) is 17.7 Å². The fourth-order valence-electron chi connectivity index (χ4n) is 2.32. The number of ether oxygens (including phenoxy) is 1. The predicted octanol–water partition coefficient (Wildman–Crippen LogP) is 2.33. The summed E-state index contributed by atoms with van der Waals surface area (Å²) in [4.78, 5) is 24.5. The standard InChI is InChI=1S/C18H18F2N2O3/c1-21-18(24)16(12-6-7-14(19)15(20)9-12)22-17(23)13-5-3-4-11(8-13)10-25-2/h3-9,16H,10H2,1-2H3,(H,21,24)(H,22,23). The SMILES string of the molecule is CNC(=O)C(NC(=O)c1cccc(COC)c1)c1ccc(F)c(F)c1. The molecule has 0 fully saturated rings. The first-order chi connectivity index (χ1) is 12.0. The minimum Gasteiger partial charge on any atom is -0.380 e. The Kier molecular flexibility index (Phi) is 6.19. The van der Waals surface area contributed by atoms with Crippen molar-refractivity contribution in [3.63, 3.8) is 0 Å². The molecular formula is C18H18F2N2O3. The Morgan fingerprint density at radius 1 is 1.12 bits per heavy atom. The van der Waals surface area contributed by atoms with E-state index in [0.29, 0.717) is 12.2 Å². The molecule has 2 aromatic rings. The van der Waals surface area contributed by atoms with Gasteiger partial charge in [-0.1, -0.05) is 18.2 Å². The smallest absolute Gasteiger partial charge is 0.252 e. The zero-order valence-electron chi connectivity index (χ0n) is 13.8. The zero-order chi connectivity index (χ0) is 18.4. The van der Waals surface area contributed by atoms with Crippen molar-refractivity contribution in [3.8, 4) is 0 Å². The van der Waals surface area contributed by atoms with Crippen LogP contribution >= 0.6 is 0 Å². The van der Waals surface area contributed by atoms with Crippen LogP contribution in [0.1, 0.15) is 27.5 Å². The number of likely N-dealkylation sites (N-methyl/N-ethyl adjacent to an activating group) is 1. The average Bonchev–Trinajstić information content (AvgIpc) is 2.62. The Hall–Kier alpha value is -2.80. The number of rotatable bonds is 6. The van der Waals surface area contributed by atoms with Gasteiger partial charge in [0.25, 0.3) is 5.91 Å². The summed E-state index contributed by atoms with van der Waals surface area (Å²) < 4.78 is 31.6. The van der Waals surface area contributed by atoms with E-state index >= 15 is 0 Å². The van der Waals surface area contributed by atoms with Crippen LogP contribution in [0.3, 0.4) is 0 Å². The third kappa shape index (κ3) is 4.60. The quantitative estimate of drug-likeness (QED) is 0.842. The molecule has 132 valence electrons. The van der Waals surface area contributed by atoms with Gasteiger partial charge in [-0.05, 0) is 35.4 Å². The Morgan fingerprint density at radius 3 is 2.52 bits per heavy atom. The third-order valence-corrected chi connectivity index (χ3v) is 3.56. The number of amides is 2. The molecule has 1 unspecified atom stereocenters. The molecule has 0 heterocycles. The highest BCUT2D eigenvalue weighted by Crippen LogP contribution is 2.18. The molecule has 0 saturated heterocycles. The van der Waals surface area contributed by atoms with Crippen LogP contribution in [-0.2, 0) is 16.1 Å². The average molecular weight is 348 g/mol. The summed E-state index contributed by atoms with van der Waals surface area (Å²) in [6.07, 6.45) is 0. The summed E-state index contributed by atoms with van der Waals surface area (Å²) in [5.41, 5.74) is 1.25. The van der Waals surface area contributed by atoms with Gasteiger partial charge >= 0.3 is 0 Å². The highest BCUT2D eigenvalue weighted by Gasteiger charge is 2.23. The van der Waals surface area contributed by atoms with Crippen molar-refractivity contribution in [2.75, 3.05) is 14.2 Å². The Balaban J connectivity index is 2.27. The van der Waals surface area contributed by atoms with E-state index in [1.165, 1.54) is 20.2 Å². The van der Waals surface area contributed by atoms with Gasteiger partial charge in [0.05, 0.1) is 6.61 Å². The van der Waals surface area contributed by atoms with Crippen molar-refractivity contribution in [1.82, 2.24) is 10.6 Å². The minimum absolute atomic E-state index is 0.139. The lowest BCUT2D eigenvalue weighted by atomic mass is 10.0. The maximum Gasteiger partial charge on any atom is 0.252 e. The molecule has 1 atom stereocenters. The predicted molar refractivity (Wildman–Crippen MR) is 87.8 cm³/mol. The van der Waals surface area contributed by atoms with Crippen LogP contribution in [-0.4, -0.2) is 26.0 Å². The molecule has 0 bridgehead atoms. The summed E-state index contributed by atoms with van der Waals surface area (Å²) in [6.45, 7) is 0.336. The molecule has 2 aromatic carbocycles. The van der Waals surface area contributed by atoms with Crippen molar-refractivity contribution < 1.29 is 23.1 Å². The topological polar surface area (TPSA) is 67.4 Å². The molecular weight excluding hydrogens is 330 g/mol. The van der Waals surface area contributed by atoms with E-state index in [9.17, 15) is 18.4 Å². The molecule has 0 aliphatic carbocycles. The van der Waals surface area contributed by atoms with Crippen molar-refractivity contribution in [2.24, 2.45) is 0 Å². The molecule has 5 nitrogen and oxygen atoms in total. The number of methoxy groups -OCH3 is 1. The normalized spacial score (nSPS) is 11.7. The number of hydrogen-bond acceptors (Lipinski definition) is 3. The van der Waals surface area contributed by atoms with E-state index in [-0.39, 0.29) is 5.56 Å². The Bertz CT molecular complexity index is 781. The van der Waals surface area contributed by atoms with Gasteiger partial charge in [-0.15, -0.1) is 0 Å². The Labute approximate surface area is 144 Å². The van der Waals surface area contributed by atoms with Crippen LogP contribution in [0.4, 0.5) is 8.78 Å². The molecule has 7 heteroatoms. The number of carbonyl (C=O) groups excluding carboxylic acids is 2. The van der Waals surface area contributed by atoms with Gasteiger partial charge < -0.3 is 15.4 Å². The molecule has 25 heavy (non-hydrogen) atoms. The first kappa shape index (κ1) is 18.5. The number of nitrogens with one attached hydrogen (secondary N) is 2. The third-order valence-electron chi connectivity index (χ3n) is 3.56. The van der Waals surface area contributed by atoms with Crippen LogP contribution < -0.4 is 10.6 Å². The lowest BCUT2D eigenvalue weighted by Gasteiger charge is -2.18. The number of benzene rings is 2. The van der Waals surface area contributed by atoms with Gasteiger partial charge in [0.2, 0.25) is 5.91 Å². The second-order valence-corrected chi connectivity index (χ2v) is 5.33. The van der Waals surface area contributed by atoms with Crippen molar-refractivity contribution in [3.05, 3.63) is 70.8 Å². The van der Waals surface area contributed by atoms with Gasteiger partial charge in [-0.2, -0.15) is 0 Å². The molecule has 0 aliphatic heterocycles. The summed E-state index contributed by atoms with van der Waals surface area (Å²) >= 11 is 0. The van der Waals surface area contributed by atoms with Gasteiger partial charge in [0.1, 0.15) is 6.04 Å². The maximum atomic E-state index is 13.5. The van der Waals surface area contributed by atoms with Gasteiger partial charge in [0, 0.05) is 19.7 Å². The van der Waals surface area contributed by atoms with Crippen LogP contribution in [0.5, 0.6) is 0 Å². The van der Waals surface area contributed by atoms with Gasteiger partial charge in [-0.25, -0.2) is 8.78 Å². The number of halogens is 2.